The monoisotopic (exact) mass is 397 g/mol. The average molecular weight is 397 g/mol. The van der Waals surface area contributed by atoms with Crippen LogP contribution >= 0.6 is 11.5 Å². The summed E-state index contributed by atoms with van der Waals surface area (Å²) in [4.78, 5) is 11.1. The van der Waals surface area contributed by atoms with Gasteiger partial charge in [0.25, 0.3) is 0 Å². The van der Waals surface area contributed by atoms with Gasteiger partial charge in [-0.1, -0.05) is 0 Å². The van der Waals surface area contributed by atoms with Gasteiger partial charge in [-0.3, -0.25) is 20.0 Å². The number of pyridine rings is 2. The van der Waals surface area contributed by atoms with E-state index in [-0.39, 0.29) is 6.04 Å². The van der Waals surface area contributed by atoms with Crippen LogP contribution < -0.4 is 5.32 Å². The lowest BCUT2D eigenvalue weighted by Gasteiger charge is -2.43. The number of H-pyrrole nitrogens is 1. The molecule has 0 spiro atoms. The number of aromatic nitrogens is 5. The van der Waals surface area contributed by atoms with Crippen molar-refractivity contribution in [1.29, 1.82) is 0 Å². The molecule has 4 aromatic heterocycles. The molecule has 7 nitrogen and oxygen atoms in total. The third-order valence-corrected chi connectivity index (χ3v) is 6.13. The Morgan fingerprint density at radius 2 is 2.21 bits per heavy atom. The minimum atomic E-state index is -1.02. The Hall–Kier alpha value is -2.65. The van der Waals surface area contributed by atoms with E-state index in [2.05, 4.69) is 34.8 Å². The van der Waals surface area contributed by atoms with E-state index < -0.39 is 5.67 Å². The number of fused-ring (bicyclic) bond motifs is 2. The van der Waals surface area contributed by atoms with Crippen molar-refractivity contribution in [3.63, 3.8) is 0 Å². The van der Waals surface area contributed by atoms with Gasteiger partial charge in [0.05, 0.1) is 27.8 Å². The first-order chi connectivity index (χ1) is 13.5. The van der Waals surface area contributed by atoms with Crippen LogP contribution in [0, 0.1) is 0 Å². The smallest absolute Gasteiger partial charge is 0.178 e. The predicted octanol–water partition coefficient (Wildman–Crippen LogP) is 4.03. The van der Waals surface area contributed by atoms with Crippen LogP contribution in [0.2, 0.25) is 0 Å². The lowest BCUT2D eigenvalue weighted by atomic mass is 9.78. The van der Waals surface area contributed by atoms with Crippen molar-refractivity contribution in [3.05, 3.63) is 36.3 Å². The van der Waals surface area contributed by atoms with Crippen molar-refractivity contribution in [2.24, 2.45) is 0 Å². The number of hydrogen-bond acceptors (Lipinski definition) is 7. The molecule has 1 aliphatic rings. The Labute approximate surface area is 165 Å². The summed E-state index contributed by atoms with van der Waals surface area (Å²) in [5, 5.41) is 10.5. The van der Waals surface area contributed by atoms with Crippen LogP contribution in [-0.4, -0.2) is 48.2 Å². The van der Waals surface area contributed by atoms with Crippen molar-refractivity contribution in [2.45, 2.75) is 38.0 Å². The number of halogens is 1. The maximum atomic E-state index is 13.8. The molecule has 0 saturated heterocycles. The normalized spacial score (nSPS) is 22.1. The van der Waals surface area contributed by atoms with E-state index >= 15 is 0 Å². The largest absolute Gasteiger partial charge is 0.336 e. The Kier molecular flexibility index (Phi) is 4.02. The molecule has 1 saturated carbocycles. The SMILES string of the molecule is CN(Cc1nsc2cc(Nc3n[nH]c4cccnc34)cnc12)C1CC(C)(F)C1. The first-order valence-corrected chi connectivity index (χ1v) is 9.95. The maximum absolute atomic E-state index is 13.8. The zero-order valence-electron chi connectivity index (χ0n) is 15.6. The highest BCUT2D eigenvalue weighted by molar-refractivity contribution is 7.13. The quantitative estimate of drug-likeness (QED) is 0.529. The highest BCUT2D eigenvalue weighted by Gasteiger charge is 2.42. The summed E-state index contributed by atoms with van der Waals surface area (Å²) in [6, 6.07) is 6.09. The molecule has 1 aliphatic carbocycles. The van der Waals surface area contributed by atoms with Crippen LogP contribution in [0.3, 0.4) is 0 Å². The van der Waals surface area contributed by atoms with E-state index in [1.54, 1.807) is 19.3 Å². The number of nitrogens with zero attached hydrogens (tertiary/aromatic N) is 5. The molecule has 4 heterocycles. The van der Waals surface area contributed by atoms with Gasteiger partial charge in [0.15, 0.2) is 5.82 Å². The van der Waals surface area contributed by atoms with Gasteiger partial charge in [0.2, 0.25) is 0 Å². The number of alkyl halides is 1. The molecule has 0 unspecified atom stereocenters. The molecule has 0 aromatic carbocycles. The minimum Gasteiger partial charge on any atom is -0.336 e. The van der Waals surface area contributed by atoms with Gasteiger partial charge in [-0.25, -0.2) is 4.39 Å². The maximum Gasteiger partial charge on any atom is 0.178 e. The van der Waals surface area contributed by atoms with Crippen molar-refractivity contribution in [3.8, 4) is 0 Å². The standard InChI is InChI=1S/C19H20FN7S/c1-19(20)7-12(8-19)27(2)10-14-16-15(28-26-14)6-11(9-22-16)23-18-17-13(24-25-18)4-3-5-21-17/h3-6,9,12H,7-8,10H2,1-2H3,(H2,23,24,25). The number of nitrogens with one attached hydrogen (secondary N) is 2. The summed E-state index contributed by atoms with van der Waals surface area (Å²) in [5.41, 5.74) is 3.32. The topological polar surface area (TPSA) is 82.6 Å². The van der Waals surface area contributed by atoms with Gasteiger partial charge in [-0.15, -0.1) is 0 Å². The van der Waals surface area contributed by atoms with Gasteiger partial charge in [-0.05, 0) is 56.5 Å². The van der Waals surface area contributed by atoms with E-state index in [1.807, 2.05) is 25.2 Å². The van der Waals surface area contributed by atoms with Crippen molar-refractivity contribution in [2.75, 3.05) is 12.4 Å². The Bertz CT molecular complexity index is 1140. The molecule has 144 valence electrons. The molecule has 0 amide bonds. The van der Waals surface area contributed by atoms with Crippen LogP contribution in [0.15, 0.2) is 30.6 Å². The Morgan fingerprint density at radius 1 is 1.36 bits per heavy atom. The number of aromatic amines is 1. The first-order valence-electron chi connectivity index (χ1n) is 9.18. The average Bonchev–Trinajstić information content (AvgIpc) is 3.24. The summed E-state index contributed by atoms with van der Waals surface area (Å²) in [7, 11) is 2.02. The van der Waals surface area contributed by atoms with E-state index in [1.165, 1.54) is 11.5 Å². The summed E-state index contributed by atoms with van der Waals surface area (Å²) in [5.74, 6) is 0.667. The van der Waals surface area contributed by atoms with E-state index in [4.69, 9.17) is 0 Å². The van der Waals surface area contributed by atoms with Crippen LogP contribution in [0.5, 0.6) is 0 Å². The van der Waals surface area contributed by atoms with Crippen molar-refractivity contribution < 1.29 is 4.39 Å². The predicted molar refractivity (Wildman–Crippen MR) is 109 cm³/mol. The van der Waals surface area contributed by atoms with Gasteiger partial charge in [0, 0.05) is 18.8 Å². The fraction of sp³-hybridized carbons (Fsp3) is 0.368. The van der Waals surface area contributed by atoms with Gasteiger partial charge >= 0.3 is 0 Å². The van der Waals surface area contributed by atoms with Crippen LogP contribution in [0.25, 0.3) is 21.3 Å². The number of rotatable bonds is 5. The van der Waals surface area contributed by atoms with Gasteiger partial charge in [-0.2, -0.15) is 9.47 Å². The fourth-order valence-electron chi connectivity index (χ4n) is 3.73. The molecular formula is C19H20FN7S. The van der Waals surface area contributed by atoms with E-state index in [9.17, 15) is 4.39 Å². The second kappa shape index (κ2) is 6.46. The molecule has 0 aliphatic heterocycles. The third kappa shape index (κ3) is 3.10. The highest BCUT2D eigenvalue weighted by atomic mass is 32.1. The molecule has 28 heavy (non-hydrogen) atoms. The fourth-order valence-corrected chi connectivity index (χ4v) is 4.52. The molecule has 2 N–H and O–H groups in total. The molecule has 1 fully saturated rings. The van der Waals surface area contributed by atoms with Crippen LogP contribution in [0.1, 0.15) is 25.5 Å². The Morgan fingerprint density at radius 3 is 3.04 bits per heavy atom. The van der Waals surface area contributed by atoms with Crippen LogP contribution in [0.4, 0.5) is 15.9 Å². The Balaban J connectivity index is 1.35. The number of anilines is 2. The van der Waals surface area contributed by atoms with E-state index in [0.717, 1.165) is 32.6 Å². The lowest BCUT2D eigenvalue weighted by molar-refractivity contribution is -0.00845. The second-order valence-electron chi connectivity index (χ2n) is 7.69. The molecule has 0 atom stereocenters. The summed E-state index contributed by atoms with van der Waals surface area (Å²) >= 11 is 1.43. The molecule has 0 bridgehead atoms. The highest BCUT2D eigenvalue weighted by Crippen LogP contribution is 2.39. The molecule has 4 aromatic rings. The first kappa shape index (κ1) is 17.4. The van der Waals surface area contributed by atoms with Gasteiger partial charge in [0.1, 0.15) is 16.7 Å². The third-order valence-electron chi connectivity index (χ3n) is 5.31. The zero-order valence-corrected chi connectivity index (χ0v) is 16.4. The minimum absolute atomic E-state index is 0.271. The zero-order chi connectivity index (χ0) is 19.3. The van der Waals surface area contributed by atoms with Crippen molar-refractivity contribution in [1.82, 2.24) is 29.4 Å². The van der Waals surface area contributed by atoms with E-state index in [0.29, 0.717) is 25.2 Å². The summed E-state index contributed by atoms with van der Waals surface area (Å²) in [6.07, 6.45) is 4.69. The molecule has 5 rings (SSSR count). The lowest BCUT2D eigenvalue weighted by Crippen LogP contribution is -2.49. The number of hydrogen-bond donors (Lipinski definition) is 2. The van der Waals surface area contributed by atoms with Crippen LogP contribution in [-0.2, 0) is 6.54 Å². The second-order valence-corrected chi connectivity index (χ2v) is 8.49. The molecule has 0 radical (unpaired) electrons. The molecule has 9 heteroatoms. The van der Waals surface area contributed by atoms with Crippen molar-refractivity contribution >= 4 is 44.3 Å². The van der Waals surface area contributed by atoms with Gasteiger partial charge < -0.3 is 5.32 Å². The summed E-state index contributed by atoms with van der Waals surface area (Å²) in [6.45, 7) is 2.35. The summed E-state index contributed by atoms with van der Waals surface area (Å²) < 4.78 is 19.4. The molecular weight excluding hydrogens is 377 g/mol.